The van der Waals surface area contributed by atoms with Gasteiger partial charge in [-0.25, -0.2) is 4.98 Å². The number of aromatic amines is 1. The van der Waals surface area contributed by atoms with Crippen LogP contribution in [0.15, 0.2) is 36.7 Å². The number of benzene rings is 1. The molecule has 0 bridgehead atoms. The maximum atomic E-state index is 12.6. The van der Waals surface area contributed by atoms with Gasteiger partial charge in [0.25, 0.3) is 0 Å². The summed E-state index contributed by atoms with van der Waals surface area (Å²) < 4.78 is 0. The van der Waals surface area contributed by atoms with E-state index in [0.29, 0.717) is 23.9 Å². The normalized spacial score (nSPS) is 12.1. The van der Waals surface area contributed by atoms with Crippen molar-refractivity contribution in [2.75, 3.05) is 13.2 Å². The van der Waals surface area contributed by atoms with Crippen molar-refractivity contribution in [3.8, 4) is 0 Å². The minimum Gasteiger partial charge on any atom is -0.395 e. The third-order valence-electron chi connectivity index (χ3n) is 3.34. The zero-order chi connectivity index (χ0) is 16.7. The van der Waals surface area contributed by atoms with Crippen LogP contribution < -0.4 is 0 Å². The highest BCUT2D eigenvalue weighted by atomic mass is 35.5. The van der Waals surface area contributed by atoms with E-state index in [0.717, 1.165) is 11.3 Å². The molecule has 2 rings (SSSR count). The number of nitrogens with one attached hydrogen (secondary N) is 1. The number of hydrogen-bond acceptors (Lipinski definition) is 4. The number of thioether (sulfide) groups is 1. The molecule has 0 saturated carbocycles. The minimum absolute atomic E-state index is 0.00517. The fraction of sp³-hybridized carbons (Fsp3) is 0.375. The van der Waals surface area contributed by atoms with Crippen molar-refractivity contribution in [2.24, 2.45) is 0 Å². The average Bonchev–Trinajstić information content (AvgIpc) is 3.06. The molecule has 1 unspecified atom stereocenters. The SMILES string of the molecule is CC(SCc1ccc(Cl)cc1)C(=O)N(CCO)Cc1ncc[nH]1. The molecule has 124 valence electrons. The molecule has 0 radical (unpaired) electrons. The predicted octanol–water partition coefficient (Wildman–Crippen LogP) is 2.71. The molecule has 1 atom stereocenters. The topological polar surface area (TPSA) is 69.2 Å². The van der Waals surface area contributed by atoms with Gasteiger partial charge in [-0.1, -0.05) is 23.7 Å². The van der Waals surface area contributed by atoms with Crippen LogP contribution in [0.4, 0.5) is 0 Å². The van der Waals surface area contributed by atoms with Crippen molar-refractivity contribution in [3.05, 3.63) is 53.1 Å². The van der Waals surface area contributed by atoms with Crippen molar-refractivity contribution >= 4 is 29.3 Å². The third-order valence-corrected chi connectivity index (χ3v) is 4.79. The lowest BCUT2D eigenvalue weighted by Crippen LogP contribution is -2.38. The first-order valence-corrected chi connectivity index (χ1v) is 8.76. The predicted molar refractivity (Wildman–Crippen MR) is 93.3 cm³/mol. The summed E-state index contributed by atoms with van der Waals surface area (Å²) in [6.45, 7) is 2.49. The van der Waals surface area contributed by atoms with Gasteiger partial charge in [0.1, 0.15) is 5.82 Å². The molecule has 2 N–H and O–H groups in total. The number of imidazole rings is 1. The molecule has 2 aromatic rings. The number of aromatic nitrogens is 2. The molecule has 1 aromatic carbocycles. The second-order valence-electron chi connectivity index (χ2n) is 5.10. The number of carbonyl (C=O) groups excluding carboxylic acids is 1. The summed E-state index contributed by atoms with van der Waals surface area (Å²) in [5.41, 5.74) is 1.12. The molecule has 0 aliphatic rings. The zero-order valence-electron chi connectivity index (χ0n) is 12.9. The number of nitrogens with zero attached hydrogens (tertiary/aromatic N) is 2. The van der Waals surface area contributed by atoms with Gasteiger partial charge in [0.2, 0.25) is 5.91 Å². The fourth-order valence-corrected chi connectivity index (χ4v) is 3.14. The van der Waals surface area contributed by atoms with Crippen LogP contribution in [-0.4, -0.2) is 44.3 Å². The Kier molecular flexibility index (Phi) is 6.95. The molecule has 1 heterocycles. The van der Waals surface area contributed by atoms with E-state index in [1.54, 1.807) is 29.1 Å². The Labute approximate surface area is 145 Å². The quantitative estimate of drug-likeness (QED) is 0.765. The van der Waals surface area contributed by atoms with Crippen molar-refractivity contribution < 1.29 is 9.90 Å². The highest BCUT2D eigenvalue weighted by molar-refractivity contribution is 7.99. The Morgan fingerprint density at radius 3 is 2.78 bits per heavy atom. The van der Waals surface area contributed by atoms with Crippen molar-refractivity contribution in [3.63, 3.8) is 0 Å². The third kappa shape index (κ3) is 5.57. The van der Waals surface area contributed by atoms with Crippen molar-refractivity contribution in [1.29, 1.82) is 0 Å². The Balaban J connectivity index is 1.91. The number of halogens is 1. The second-order valence-corrected chi connectivity index (χ2v) is 6.86. The van der Waals surface area contributed by atoms with Gasteiger partial charge in [0, 0.05) is 29.7 Å². The van der Waals surface area contributed by atoms with E-state index in [1.807, 2.05) is 31.2 Å². The van der Waals surface area contributed by atoms with Crippen LogP contribution in [0.3, 0.4) is 0 Å². The molecule has 1 aromatic heterocycles. The second kappa shape index (κ2) is 8.96. The summed E-state index contributed by atoms with van der Waals surface area (Å²) in [6.07, 6.45) is 3.37. The van der Waals surface area contributed by atoms with Crippen LogP contribution >= 0.6 is 23.4 Å². The molecule has 5 nitrogen and oxygen atoms in total. The maximum Gasteiger partial charge on any atom is 0.235 e. The first-order valence-electron chi connectivity index (χ1n) is 7.34. The highest BCUT2D eigenvalue weighted by Crippen LogP contribution is 2.21. The smallest absolute Gasteiger partial charge is 0.235 e. The molecular weight excluding hydrogens is 334 g/mol. The lowest BCUT2D eigenvalue weighted by molar-refractivity contribution is -0.131. The zero-order valence-corrected chi connectivity index (χ0v) is 14.5. The summed E-state index contributed by atoms with van der Waals surface area (Å²) in [4.78, 5) is 21.3. The van der Waals surface area contributed by atoms with Gasteiger partial charge in [-0.15, -0.1) is 11.8 Å². The van der Waals surface area contributed by atoms with Gasteiger partial charge >= 0.3 is 0 Å². The molecule has 0 aliphatic heterocycles. The van der Waals surface area contributed by atoms with E-state index in [9.17, 15) is 9.90 Å². The Morgan fingerprint density at radius 1 is 1.43 bits per heavy atom. The fourth-order valence-electron chi connectivity index (χ4n) is 2.08. The van der Waals surface area contributed by atoms with Crippen molar-refractivity contribution in [1.82, 2.24) is 14.9 Å². The highest BCUT2D eigenvalue weighted by Gasteiger charge is 2.21. The van der Waals surface area contributed by atoms with Crippen LogP contribution in [0.25, 0.3) is 0 Å². The molecule has 0 saturated heterocycles. The van der Waals surface area contributed by atoms with Crippen LogP contribution in [0.1, 0.15) is 18.3 Å². The average molecular weight is 354 g/mol. The number of H-pyrrole nitrogens is 1. The molecule has 1 amide bonds. The number of aliphatic hydroxyl groups is 1. The lowest BCUT2D eigenvalue weighted by atomic mass is 10.2. The van der Waals surface area contributed by atoms with E-state index in [1.165, 1.54) is 0 Å². The van der Waals surface area contributed by atoms with Gasteiger partial charge in [0.15, 0.2) is 0 Å². The van der Waals surface area contributed by atoms with Gasteiger partial charge < -0.3 is 15.0 Å². The molecule has 0 fully saturated rings. The van der Waals surface area contributed by atoms with Crippen LogP contribution in [0, 0.1) is 0 Å². The molecule has 0 spiro atoms. The summed E-state index contributed by atoms with van der Waals surface area (Å²) in [7, 11) is 0. The monoisotopic (exact) mass is 353 g/mol. The van der Waals surface area contributed by atoms with Gasteiger partial charge in [-0.3, -0.25) is 4.79 Å². The van der Waals surface area contributed by atoms with Gasteiger partial charge in [0.05, 0.1) is 18.4 Å². The van der Waals surface area contributed by atoms with Crippen LogP contribution in [0.2, 0.25) is 5.02 Å². The first kappa shape index (κ1) is 17.8. The van der Waals surface area contributed by atoms with E-state index in [-0.39, 0.29) is 17.8 Å². The van der Waals surface area contributed by atoms with E-state index >= 15 is 0 Å². The molecule has 7 heteroatoms. The van der Waals surface area contributed by atoms with Crippen LogP contribution in [-0.2, 0) is 17.1 Å². The van der Waals surface area contributed by atoms with Crippen molar-refractivity contribution in [2.45, 2.75) is 24.5 Å². The Hall–Kier alpha value is -1.50. The summed E-state index contributed by atoms with van der Waals surface area (Å²) >= 11 is 7.43. The maximum absolute atomic E-state index is 12.6. The Morgan fingerprint density at radius 2 is 2.17 bits per heavy atom. The molecule has 0 aliphatic carbocycles. The number of amides is 1. The number of rotatable bonds is 8. The number of carbonyl (C=O) groups is 1. The van der Waals surface area contributed by atoms with E-state index < -0.39 is 0 Å². The largest absolute Gasteiger partial charge is 0.395 e. The summed E-state index contributed by atoms with van der Waals surface area (Å²) in [5, 5.41) is 9.69. The van der Waals surface area contributed by atoms with Gasteiger partial charge in [-0.05, 0) is 24.6 Å². The van der Waals surface area contributed by atoms with Crippen LogP contribution in [0.5, 0.6) is 0 Å². The summed E-state index contributed by atoms with van der Waals surface area (Å²) in [5.74, 6) is 1.44. The number of hydrogen-bond donors (Lipinski definition) is 2. The molecule has 23 heavy (non-hydrogen) atoms. The standard InChI is InChI=1S/C16H20ClN3O2S/c1-12(23-11-13-2-4-14(17)5-3-13)16(22)20(8-9-21)10-15-18-6-7-19-15/h2-7,12,21H,8-11H2,1H3,(H,18,19). The van der Waals surface area contributed by atoms with E-state index in [4.69, 9.17) is 11.6 Å². The lowest BCUT2D eigenvalue weighted by Gasteiger charge is -2.24. The minimum atomic E-state index is -0.202. The Bertz CT molecular complexity index is 604. The first-order chi connectivity index (χ1) is 11.1. The summed E-state index contributed by atoms with van der Waals surface area (Å²) in [6, 6.07) is 7.61. The van der Waals surface area contributed by atoms with Gasteiger partial charge in [-0.2, -0.15) is 0 Å². The number of aliphatic hydroxyl groups excluding tert-OH is 1. The van der Waals surface area contributed by atoms with E-state index in [2.05, 4.69) is 9.97 Å². The molecular formula is C16H20ClN3O2S.